The van der Waals surface area contributed by atoms with Crippen molar-refractivity contribution in [3.8, 4) is 16.2 Å². The number of nitrogens with one attached hydrogen (secondary N) is 1. The third-order valence-corrected chi connectivity index (χ3v) is 9.45. The molecule has 5 rings (SSSR count). The molecule has 0 bridgehead atoms. The van der Waals surface area contributed by atoms with Crippen LogP contribution < -0.4 is 10.1 Å². The first-order valence-corrected chi connectivity index (χ1v) is 15.3. The minimum atomic E-state index is -5.02. The van der Waals surface area contributed by atoms with Gasteiger partial charge in [0.05, 0.1) is 35.7 Å². The highest BCUT2D eigenvalue weighted by Gasteiger charge is 2.43. The van der Waals surface area contributed by atoms with Gasteiger partial charge in [0.15, 0.2) is 0 Å². The molecule has 44 heavy (non-hydrogen) atoms. The molecule has 3 aromatic rings. The molecule has 13 heteroatoms. The molecular formula is C31H33F6N3O3S. The number of rotatable bonds is 8. The van der Waals surface area contributed by atoms with E-state index in [4.69, 9.17) is 14.5 Å². The van der Waals surface area contributed by atoms with Gasteiger partial charge in [0.25, 0.3) is 0 Å². The first-order valence-electron chi connectivity index (χ1n) is 14.4. The topological polar surface area (TPSA) is 63.7 Å². The third-order valence-electron chi connectivity index (χ3n) is 8.50. The van der Waals surface area contributed by atoms with Crippen LogP contribution in [0.25, 0.3) is 10.4 Å². The number of halogens is 6. The fourth-order valence-corrected chi connectivity index (χ4v) is 6.94. The van der Waals surface area contributed by atoms with Gasteiger partial charge in [-0.3, -0.25) is 4.90 Å². The van der Waals surface area contributed by atoms with Crippen molar-refractivity contribution in [2.45, 2.75) is 83.0 Å². The lowest BCUT2D eigenvalue weighted by Crippen LogP contribution is -2.34. The van der Waals surface area contributed by atoms with Gasteiger partial charge in [0, 0.05) is 23.4 Å². The number of ether oxygens (including phenoxy) is 2. The number of amides is 1. The van der Waals surface area contributed by atoms with E-state index in [1.54, 1.807) is 20.2 Å². The predicted molar refractivity (Wildman–Crippen MR) is 154 cm³/mol. The molecular weight excluding hydrogens is 608 g/mol. The maximum absolute atomic E-state index is 13.6. The Morgan fingerprint density at radius 1 is 1.07 bits per heavy atom. The van der Waals surface area contributed by atoms with E-state index < -0.39 is 41.7 Å². The summed E-state index contributed by atoms with van der Waals surface area (Å²) >= 11 is 1.46. The largest absolute Gasteiger partial charge is 0.495 e. The van der Waals surface area contributed by atoms with Gasteiger partial charge in [0.2, 0.25) is 0 Å². The molecule has 1 aliphatic heterocycles. The number of alkyl halides is 6. The van der Waals surface area contributed by atoms with Gasteiger partial charge >= 0.3 is 18.4 Å². The maximum atomic E-state index is 13.6. The zero-order valence-electron chi connectivity index (χ0n) is 24.4. The number of cyclic esters (lactones) is 1. The van der Waals surface area contributed by atoms with Crippen LogP contribution in [0, 0.1) is 5.92 Å². The molecule has 1 saturated heterocycles. The molecule has 1 amide bonds. The van der Waals surface area contributed by atoms with Crippen molar-refractivity contribution in [1.29, 1.82) is 0 Å². The Hall–Kier alpha value is -3.48. The van der Waals surface area contributed by atoms with Crippen LogP contribution in [-0.4, -0.2) is 35.2 Å². The fourth-order valence-electron chi connectivity index (χ4n) is 6.10. The second-order valence-electron chi connectivity index (χ2n) is 11.3. The highest BCUT2D eigenvalue weighted by atomic mass is 32.1. The van der Waals surface area contributed by atoms with E-state index in [0.29, 0.717) is 35.2 Å². The van der Waals surface area contributed by atoms with Crippen LogP contribution in [0.4, 0.5) is 37.0 Å². The lowest BCUT2D eigenvalue weighted by atomic mass is 9.83. The van der Waals surface area contributed by atoms with Crippen LogP contribution >= 0.6 is 11.3 Å². The van der Waals surface area contributed by atoms with Crippen LogP contribution in [0.3, 0.4) is 0 Å². The minimum absolute atomic E-state index is 0.0258. The number of hydrogen-bond acceptors (Lipinski definition) is 6. The number of thiophene rings is 1. The van der Waals surface area contributed by atoms with Crippen LogP contribution in [0.5, 0.6) is 5.75 Å². The third kappa shape index (κ3) is 6.62. The SMILES string of the molecule is CCC1CCCCC1Nc1ncc(-c2sccc2OC)cc1CN1C(=O)OC(c2cc(C(F)(F)F)cc(C(F)(F)F)c2)C1C. The van der Waals surface area contributed by atoms with Gasteiger partial charge in [-0.05, 0) is 67.0 Å². The van der Waals surface area contributed by atoms with Crippen LogP contribution in [0.2, 0.25) is 0 Å². The number of carbonyl (C=O) groups is 1. The number of carbonyl (C=O) groups excluding carboxylic acids is 1. The molecule has 238 valence electrons. The molecule has 1 N–H and O–H groups in total. The Morgan fingerprint density at radius 3 is 2.39 bits per heavy atom. The molecule has 2 fully saturated rings. The zero-order valence-corrected chi connectivity index (χ0v) is 25.2. The quantitative estimate of drug-likeness (QED) is 0.249. The maximum Gasteiger partial charge on any atom is 0.416 e. The number of nitrogens with zero attached hydrogens (tertiary/aromatic N) is 2. The molecule has 6 nitrogen and oxygen atoms in total. The molecule has 1 aromatic carbocycles. The number of methoxy groups -OCH3 is 1. The molecule has 1 aliphatic carbocycles. The van der Waals surface area contributed by atoms with Crippen molar-refractivity contribution in [3.05, 3.63) is 64.2 Å². The summed E-state index contributed by atoms with van der Waals surface area (Å²) < 4.78 is 92.2. The molecule has 0 spiro atoms. The van der Waals surface area contributed by atoms with Crippen LogP contribution in [-0.2, 0) is 23.6 Å². The Labute approximate surface area is 255 Å². The Morgan fingerprint density at radius 2 is 1.75 bits per heavy atom. The summed E-state index contributed by atoms with van der Waals surface area (Å²) in [5.41, 5.74) is -1.91. The fraction of sp³-hybridized carbons (Fsp3) is 0.484. The van der Waals surface area contributed by atoms with Gasteiger partial charge in [0.1, 0.15) is 17.7 Å². The van der Waals surface area contributed by atoms with Crippen LogP contribution in [0.1, 0.15) is 74.3 Å². The summed E-state index contributed by atoms with van der Waals surface area (Å²) in [7, 11) is 1.56. The summed E-state index contributed by atoms with van der Waals surface area (Å²) in [4.78, 5) is 20.0. The van der Waals surface area contributed by atoms with E-state index in [0.717, 1.165) is 42.5 Å². The number of aromatic nitrogens is 1. The average Bonchev–Trinajstić information content (AvgIpc) is 3.57. The summed E-state index contributed by atoms with van der Waals surface area (Å²) in [5.74, 6) is 1.66. The second kappa shape index (κ2) is 12.5. The summed E-state index contributed by atoms with van der Waals surface area (Å²) in [6, 6.07) is 4.28. The number of pyridine rings is 1. The minimum Gasteiger partial charge on any atom is -0.495 e. The number of benzene rings is 1. The molecule has 4 atom stereocenters. The number of hydrogen-bond donors (Lipinski definition) is 1. The van der Waals surface area contributed by atoms with Crippen molar-refractivity contribution >= 4 is 23.2 Å². The highest BCUT2D eigenvalue weighted by molar-refractivity contribution is 7.14. The van der Waals surface area contributed by atoms with Gasteiger partial charge in [-0.2, -0.15) is 26.3 Å². The normalized spacial score (nSPS) is 22.7. The van der Waals surface area contributed by atoms with E-state index in [9.17, 15) is 31.1 Å². The van der Waals surface area contributed by atoms with Gasteiger partial charge in [-0.25, -0.2) is 9.78 Å². The Balaban J connectivity index is 1.49. The first-order chi connectivity index (χ1) is 20.8. The van der Waals surface area contributed by atoms with E-state index >= 15 is 0 Å². The average molecular weight is 642 g/mol. The van der Waals surface area contributed by atoms with E-state index in [1.165, 1.54) is 16.2 Å². The van der Waals surface area contributed by atoms with Gasteiger partial charge in [-0.1, -0.05) is 26.2 Å². The predicted octanol–water partition coefficient (Wildman–Crippen LogP) is 9.32. The molecule has 1 saturated carbocycles. The van der Waals surface area contributed by atoms with Crippen LogP contribution in [0.15, 0.2) is 41.9 Å². The van der Waals surface area contributed by atoms with Gasteiger partial charge in [-0.15, -0.1) is 11.3 Å². The van der Waals surface area contributed by atoms with Crippen molar-refractivity contribution in [1.82, 2.24) is 9.88 Å². The number of anilines is 1. The van der Waals surface area contributed by atoms with E-state index in [-0.39, 0.29) is 24.2 Å². The summed E-state index contributed by atoms with van der Waals surface area (Å²) in [6.07, 6.45) is -5.25. The standard InChI is InChI=1S/C31H33F6N3O3S/c1-4-18-7-5-6-8-24(18)39-28-21(11-20(15-38-28)27-25(42-3)9-10-44-27)16-40-17(2)26(43-29(40)41)19-12-22(30(32,33)34)14-23(13-19)31(35,36)37/h9-15,17-18,24,26H,4-8,16H2,1-3H3,(H,38,39). The van der Waals surface area contributed by atoms with E-state index in [1.807, 2.05) is 17.5 Å². The molecule has 2 aromatic heterocycles. The zero-order chi connectivity index (χ0) is 31.8. The second-order valence-corrected chi connectivity index (χ2v) is 12.2. The van der Waals surface area contributed by atoms with Crippen molar-refractivity contribution in [2.75, 3.05) is 12.4 Å². The van der Waals surface area contributed by atoms with E-state index in [2.05, 4.69) is 12.2 Å². The first kappa shape index (κ1) is 31.9. The lowest BCUT2D eigenvalue weighted by molar-refractivity contribution is -0.143. The molecule has 0 radical (unpaired) electrons. The smallest absolute Gasteiger partial charge is 0.416 e. The molecule has 3 heterocycles. The van der Waals surface area contributed by atoms with Crippen molar-refractivity contribution in [3.63, 3.8) is 0 Å². The van der Waals surface area contributed by atoms with Crippen molar-refractivity contribution in [2.24, 2.45) is 5.92 Å². The lowest BCUT2D eigenvalue weighted by Gasteiger charge is -2.33. The molecule has 2 aliphatic rings. The summed E-state index contributed by atoms with van der Waals surface area (Å²) in [5, 5.41) is 5.46. The van der Waals surface area contributed by atoms with Crippen molar-refractivity contribution < 1.29 is 40.6 Å². The summed E-state index contributed by atoms with van der Waals surface area (Å²) in [6.45, 7) is 3.66. The molecule has 4 unspecified atom stereocenters. The Bertz CT molecular complexity index is 1460. The highest BCUT2D eigenvalue weighted by Crippen LogP contribution is 2.42. The van der Waals surface area contributed by atoms with Gasteiger partial charge < -0.3 is 14.8 Å². The monoisotopic (exact) mass is 641 g/mol. The Kier molecular flexibility index (Phi) is 9.06.